The monoisotopic (exact) mass is 144 g/mol. The Hall–Kier alpha value is 0.0900. The Morgan fingerprint density at radius 2 is 2.11 bits per heavy atom. The first-order chi connectivity index (χ1) is 4.22. The van der Waals surface area contributed by atoms with Crippen molar-refractivity contribution in [3.63, 3.8) is 0 Å². The number of hydrogen-bond acceptors (Lipinski definition) is 1. The van der Waals surface area contributed by atoms with Crippen LogP contribution >= 0.6 is 11.8 Å². The van der Waals surface area contributed by atoms with Crippen LogP contribution in [0.25, 0.3) is 0 Å². The highest BCUT2D eigenvalue weighted by atomic mass is 32.2. The van der Waals surface area contributed by atoms with Gasteiger partial charge in [0.25, 0.3) is 0 Å². The van der Waals surface area contributed by atoms with E-state index in [1.807, 2.05) is 17.8 Å². The van der Waals surface area contributed by atoms with Gasteiger partial charge >= 0.3 is 0 Å². The molecule has 0 N–H and O–H groups in total. The van der Waals surface area contributed by atoms with Crippen LogP contribution in [-0.4, -0.2) is 12.0 Å². The van der Waals surface area contributed by atoms with Crippen molar-refractivity contribution < 1.29 is 0 Å². The lowest BCUT2D eigenvalue weighted by atomic mass is 9.99. The van der Waals surface area contributed by atoms with Crippen molar-refractivity contribution in [2.75, 3.05) is 12.0 Å². The molecule has 2 unspecified atom stereocenters. The molecule has 0 aromatic rings. The molecule has 2 atom stereocenters. The van der Waals surface area contributed by atoms with Crippen LogP contribution in [0.5, 0.6) is 0 Å². The van der Waals surface area contributed by atoms with Crippen molar-refractivity contribution in [1.82, 2.24) is 0 Å². The second kappa shape index (κ2) is 4.92. The van der Waals surface area contributed by atoms with Crippen LogP contribution < -0.4 is 0 Å². The van der Waals surface area contributed by atoms with E-state index in [2.05, 4.69) is 26.7 Å². The first-order valence-corrected chi connectivity index (χ1v) is 4.73. The summed E-state index contributed by atoms with van der Waals surface area (Å²) in [4.78, 5) is 0. The van der Waals surface area contributed by atoms with E-state index in [1.54, 1.807) is 0 Å². The molecule has 0 amide bonds. The highest BCUT2D eigenvalue weighted by Gasteiger charge is 2.05. The van der Waals surface area contributed by atoms with Gasteiger partial charge in [-0.2, -0.15) is 11.8 Å². The third-order valence-electron chi connectivity index (χ3n) is 1.70. The molecule has 0 aliphatic rings. The number of allylic oxidation sites excluding steroid dienone is 1. The number of hydrogen-bond donors (Lipinski definition) is 0. The Balaban J connectivity index is 3.44. The minimum atomic E-state index is 0.664. The van der Waals surface area contributed by atoms with Gasteiger partial charge in [-0.3, -0.25) is 0 Å². The fourth-order valence-electron chi connectivity index (χ4n) is 0.647. The van der Waals surface area contributed by atoms with Crippen molar-refractivity contribution in [1.29, 1.82) is 0 Å². The largest absolute Gasteiger partial charge is 0.165 e. The fourth-order valence-corrected chi connectivity index (χ4v) is 1.48. The van der Waals surface area contributed by atoms with Gasteiger partial charge in [-0.1, -0.05) is 19.9 Å². The lowest BCUT2D eigenvalue weighted by molar-refractivity contribution is 0.514. The molecule has 0 rings (SSSR count). The van der Waals surface area contributed by atoms with E-state index in [1.165, 1.54) is 5.75 Å². The molecule has 0 aromatic heterocycles. The number of rotatable bonds is 4. The van der Waals surface area contributed by atoms with Crippen LogP contribution in [-0.2, 0) is 0 Å². The zero-order valence-corrected chi connectivity index (χ0v) is 7.37. The summed E-state index contributed by atoms with van der Waals surface area (Å²) < 4.78 is 0. The molecule has 9 heavy (non-hydrogen) atoms. The van der Waals surface area contributed by atoms with Crippen LogP contribution in [0.2, 0.25) is 0 Å². The maximum absolute atomic E-state index is 3.75. The van der Waals surface area contributed by atoms with Gasteiger partial charge in [-0.05, 0) is 23.8 Å². The highest BCUT2D eigenvalue weighted by molar-refractivity contribution is 7.98. The third kappa shape index (κ3) is 3.63. The zero-order valence-electron chi connectivity index (χ0n) is 6.55. The Labute approximate surface area is 62.7 Å². The minimum absolute atomic E-state index is 0.664. The van der Waals surface area contributed by atoms with Crippen LogP contribution in [0.1, 0.15) is 13.8 Å². The SMILES string of the molecule is C=CC(C)C(C)CSC. The molecule has 0 aromatic carbocycles. The summed E-state index contributed by atoms with van der Waals surface area (Å²) in [5.74, 6) is 2.68. The van der Waals surface area contributed by atoms with Crippen molar-refractivity contribution in [2.45, 2.75) is 13.8 Å². The molecule has 0 nitrogen and oxygen atoms in total. The van der Waals surface area contributed by atoms with Crippen molar-refractivity contribution in [2.24, 2.45) is 11.8 Å². The smallest absolute Gasteiger partial charge is 0.00390 e. The van der Waals surface area contributed by atoms with E-state index in [4.69, 9.17) is 0 Å². The summed E-state index contributed by atoms with van der Waals surface area (Å²) in [6, 6.07) is 0. The van der Waals surface area contributed by atoms with Crippen molar-refractivity contribution in [3.05, 3.63) is 12.7 Å². The molecular formula is C8H16S. The third-order valence-corrected chi connectivity index (χ3v) is 2.56. The van der Waals surface area contributed by atoms with E-state index in [-0.39, 0.29) is 0 Å². The molecule has 0 saturated heterocycles. The molecule has 0 aliphatic carbocycles. The average Bonchev–Trinajstić information content (AvgIpc) is 1.87. The molecule has 0 fully saturated rings. The lowest BCUT2D eigenvalue weighted by Gasteiger charge is -2.13. The molecular weight excluding hydrogens is 128 g/mol. The molecule has 0 spiro atoms. The van der Waals surface area contributed by atoms with E-state index in [0.29, 0.717) is 5.92 Å². The molecule has 0 aliphatic heterocycles. The average molecular weight is 144 g/mol. The summed E-state index contributed by atoms with van der Waals surface area (Å²) in [6.45, 7) is 8.24. The quantitative estimate of drug-likeness (QED) is 0.547. The standard InChI is InChI=1S/C8H16S/c1-5-7(2)8(3)6-9-4/h5,7-8H,1,6H2,2-4H3. The Kier molecular flexibility index (Phi) is 4.97. The van der Waals surface area contributed by atoms with E-state index in [9.17, 15) is 0 Å². The van der Waals surface area contributed by atoms with Crippen LogP contribution in [0.15, 0.2) is 12.7 Å². The van der Waals surface area contributed by atoms with Gasteiger partial charge in [0.2, 0.25) is 0 Å². The Morgan fingerprint density at radius 3 is 2.44 bits per heavy atom. The van der Waals surface area contributed by atoms with Crippen LogP contribution in [0.3, 0.4) is 0 Å². The molecule has 0 radical (unpaired) electrons. The summed E-state index contributed by atoms with van der Waals surface area (Å²) in [5.41, 5.74) is 0. The second-order valence-corrected chi connectivity index (χ2v) is 3.44. The summed E-state index contributed by atoms with van der Waals surface area (Å²) in [5, 5.41) is 0. The van der Waals surface area contributed by atoms with Gasteiger partial charge < -0.3 is 0 Å². The fraction of sp³-hybridized carbons (Fsp3) is 0.750. The van der Waals surface area contributed by atoms with Gasteiger partial charge in [-0.15, -0.1) is 6.58 Å². The first-order valence-electron chi connectivity index (χ1n) is 3.33. The zero-order chi connectivity index (χ0) is 7.28. The molecule has 1 heteroatoms. The molecule has 0 saturated carbocycles. The Bertz CT molecular complexity index is 78.6. The van der Waals surface area contributed by atoms with Gasteiger partial charge in [0.15, 0.2) is 0 Å². The molecule has 0 bridgehead atoms. The van der Waals surface area contributed by atoms with Gasteiger partial charge in [0, 0.05) is 0 Å². The van der Waals surface area contributed by atoms with Gasteiger partial charge in [-0.25, -0.2) is 0 Å². The summed E-state index contributed by atoms with van der Waals surface area (Å²) >= 11 is 1.91. The normalized spacial score (nSPS) is 16.8. The summed E-state index contributed by atoms with van der Waals surface area (Å²) in [6.07, 6.45) is 4.17. The Morgan fingerprint density at radius 1 is 1.56 bits per heavy atom. The van der Waals surface area contributed by atoms with E-state index < -0.39 is 0 Å². The van der Waals surface area contributed by atoms with E-state index in [0.717, 1.165) is 5.92 Å². The van der Waals surface area contributed by atoms with Crippen molar-refractivity contribution in [3.8, 4) is 0 Å². The van der Waals surface area contributed by atoms with E-state index >= 15 is 0 Å². The van der Waals surface area contributed by atoms with Crippen molar-refractivity contribution >= 4 is 11.8 Å². The van der Waals surface area contributed by atoms with Gasteiger partial charge in [0.05, 0.1) is 0 Å². The van der Waals surface area contributed by atoms with Crippen LogP contribution in [0, 0.1) is 11.8 Å². The topological polar surface area (TPSA) is 0 Å². The van der Waals surface area contributed by atoms with Gasteiger partial charge in [0.1, 0.15) is 0 Å². The summed E-state index contributed by atoms with van der Waals surface area (Å²) in [7, 11) is 0. The van der Waals surface area contributed by atoms with Crippen LogP contribution in [0.4, 0.5) is 0 Å². The first kappa shape index (κ1) is 9.09. The molecule has 54 valence electrons. The number of thioether (sulfide) groups is 1. The maximum Gasteiger partial charge on any atom is -0.00390 e. The second-order valence-electron chi connectivity index (χ2n) is 2.53. The maximum atomic E-state index is 3.75. The lowest BCUT2D eigenvalue weighted by Crippen LogP contribution is -2.06. The molecule has 0 heterocycles. The predicted octanol–water partition coefficient (Wildman–Crippen LogP) is 2.81. The predicted molar refractivity (Wildman–Crippen MR) is 46.9 cm³/mol. The highest BCUT2D eigenvalue weighted by Crippen LogP contribution is 2.15. The minimum Gasteiger partial charge on any atom is -0.165 e.